The van der Waals surface area contributed by atoms with Crippen LogP contribution in [0.15, 0.2) is 0 Å². The third-order valence-electron chi connectivity index (χ3n) is 5.90. The number of rotatable bonds is 22. The Bertz CT molecular complexity index is 314. The van der Waals surface area contributed by atoms with Crippen LogP contribution in [-0.2, 0) is 9.53 Å². The van der Waals surface area contributed by atoms with Crippen molar-refractivity contribution in [2.45, 2.75) is 149 Å². The van der Waals surface area contributed by atoms with Crippen molar-refractivity contribution >= 4 is 5.97 Å². The van der Waals surface area contributed by atoms with Crippen molar-refractivity contribution in [3.63, 3.8) is 0 Å². The van der Waals surface area contributed by atoms with Crippen LogP contribution in [-0.4, -0.2) is 12.6 Å². The second-order valence-electron chi connectivity index (χ2n) is 8.83. The van der Waals surface area contributed by atoms with E-state index in [0.29, 0.717) is 18.9 Å². The first kappa shape index (κ1) is 27.5. The third-order valence-corrected chi connectivity index (χ3v) is 5.90. The predicted molar refractivity (Wildman–Crippen MR) is 124 cm³/mol. The van der Waals surface area contributed by atoms with Gasteiger partial charge in [0.2, 0.25) is 0 Å². The number of carbonyl (C=O) groups excluding carboxylic acids is 1. The van der Waals surface area contributed by atoms with E-state index in [1.165, 1.54) is 116 Å². The average Bonchev–Trinajstić information content (AvgIpc) is 2.70. The Balaban J connectivity index is 3.68. The lowest BCUT2D eigenvalue weighted by Gasteiger charge is -2.17. The van der Waals surface area contributed by atoms with E-state index in [0.717, 1.165) is 6.42 Å². The number of unbranched alkanes of at least 4 members (excludes halogenated alkanes) is 14. The summed E-state index contributed by atoms with van der Waals surface area (Å²) in [6.07, 6.45) is 25.3. The van der Waals surface area contributed by atoms with Crippen molar-refractivity contribution < 1.29 is 9.53 Å². The summed E-state index contributed by atoms with van der Waals surface area (Å²) >= 11 is 0. The normalized spacial score (nSPS) is 12.2. The number of ether oxygens (including phenoxy) is 1. The van der Waals surface area contributed by atoms with Gasteiger partial charge in [0.25, 0.3) is 0 Å². The summed E-state index contributed by atoms with van der Waals surface area (Å²) in [6, 6.07) is 0. The zero-order valence-corrected chi connectivity index (χ0v) is 19.7. The molecular weight excluding hydrogens is 344 g/mol. The molecule has 0 aliphatic heterocycles. The zero-order valence-electron chi connectivity index (χ0n) is 19.7. The fraction of sp³-hybridized carbons (Fsp3) is 0.962. The molecular formula is C26H52O2. The SMILES string of the molecule is CCCCCCCCCCCC(=O)OCC(CCCC)CCCCCCCC. The molecule has 2 nitrogen and oxygen atoms in total. The minimum absolute atomic E-state index is 0.0346. The smallest absolute Gasteiger partial charge is 0.305 e. The van der Waals surface area contributed by atoms with E-state index in [4.69, 9.17) is 4.74 Å². The molecule has 0 aromatic heterocycles. The van der Waals surface area contributed by atoms with E-state index >= 15 is 0 Å². The molecule has 0 bridgehead atoms. The van der Waals surface area contributed by atoms with E-state index in [2.05, 4.69) is 20.8 Å². The van der Waals surface area contributed by atoms with Crippen LogP contribution in [0.5, 0.6) is 0 Å². The summed E-state index contributed by atoms with van der Waals surface area (Å²) in [6.45, 7) is 7.44. The maximum Gasteiger partial charge on any atom is 0.305 e. The summed E-state index contributed by atoms with van der Waals surface area (Å²) in [5, 5.41) is 0. The molecule has 0 aromatic carbocycles. The molecule has 0 radical (unpaired) electrons. The molecule has 168 valence electrons. The van der Waals surface area contributed by atoms with Gasteiger partial charge in [0.05, 0.1) is 6.61 Å². The van der Waals surface area contributed by atoms with Crippen molar-refractivity contribution in [2.75, 3.05) is 6.61 Å². The minimum atomic E-state index is 0.0346. The van der Waals surface area contributed by atoms with Gasteiger partial charge in [0.1, 0.15) is 0 Å². The van der Waals surface area contributed by atoms with E-state index in [-0.39, 0.29) is 5.97 Å². The number of esters is 1. The summed E-state index contributed by atoms with van der Waals surface area (Å²) in [4.78, 5) is 12.1. The average molecular weight is 397 g/mol. The second-order valence-corrected chi connectivity index (χ2v) is 8.83. The van der Waals surface area contributed by atoms with Gasteiger partial charge in [-0.1, -0.05) is 124 Å². The van der Waals surface area contributed by atoms with Crippen LogP contribution in [0.2, 0.25) is 0 Å². The van der Waals surface area contributed by atoms with Gasteiger partial charge >= 0.3 is 5.97 Å². The van der Waals surface area contributed by atoms with Crippen molar-refractivity contribution in [1.82, 2.24) is 0 Å². The van der Waals surface area contributed by atoms with Gasteiger partial charge < -0.3 is 4.74 Å². The standard InChI is InChI=1S/C26H52O2/c1-4-7-10-12-14-15-16-18-20-23-26(27)28-24-25(21-9-6-3)22-19-17-13-11-8-5-2/h25H,4-24H2,1-3H3. The predicted octanol–water partition coefficient (Wildman–Crippen LogP) is 9.01. The Morgan fingerprint density at radius 2 is 1.00 bits per heavy atom. The summed E-state index contributed by atoms with van der Waals surface area (Å²) in [7, 11) is 0. The quantitative estimate of drug-likeness (QED) is 0.135. The Hall–Kier alpha value is -0.530. The van der Waals surface area contributed by atoms with Gasteiger partial charge in [-0.3, -0.25) is 4.79 Å². The first-order chi connectivity index (χ1) is 13.7. The van der Waals surface area contributed by atoms with Gasteiger partial charge in [-0.15, -0.1) is 0 Å². The van der Waals surface area contributed by atoms with Crippen LogP contribution in [0.1, 0.15) is 149 Å². The second kappa shape index (κ2) is 22.8. The van der Waals surface area contributed by atoms with E-state index in [9.17, 15) is 4.79 Å². The molecule has 0 saturated carbocycles. The van der Waals surface area contributed by atoms with Crippen molar-refractivity contribution in [3.8, 4) is 0 Å². The van der Waals surface area contributed by atoms with Crippen molar-refractivity contribution in [1.29, 1.82) is 0 Å². The lowest BCUT2D eigenvalue weighted by Crippen LogP contribution is -2.14. The molecule has 28 heavy (non-hydrogen) atoms. The topological polar surface area (TPSA) is 26.3 Å². The number of carbonyl (C=O) groups is 1. The van der Waals surface area contributed by atoms with Crippen LogP contribution in [0.4, 0.5) is 0 Å². The van der Waals surface area contributed by atoms with Crippen molar-refractivity contribution in [3.05, 3.63) is 0 Å². The Morgan fingerprint density at radius 1 is 0.571 bits per heavy atom. The van der Waals surface area contributed by atoms with Gasteiger partial charge in [-0.25, -0.2) is 0 Å². The molecule has 1 atom stereocenters. The molecule has 0 aromatic rings. The zero-order chi connectivity index (χ0) is 20.7. The molecule has 2 heteroatoms. The number of hydrogen-bond donors (Lipinski definition) is 0. The largest absolute Gasteiger partial charge is 0.465 e. The first-order valence-electron chi connectivity index (χ1n) is 12.9. The van der Waals surface area contributed by atoms with Crippen molar-refractivity contribution in [2.24, 2.45) is 5.92 Å². The highest BCUT2D eigenvalue weighted by atomic mass is 16.5. The van der Waals surface area contributed by atoms with Crippen LogP contribution >= 0.6 is 0 Å². The maximum atomic E-state index is 12.1. The number of hydrogen-bond acceptors (Lipinski definition) is 2. The van der Waals surface area contributed by atoms with E-state index in [1.807, 2.05) is 0 Å². The summed E-state index contributed by atoms with van der Waals surface area (Å²) in [5.41, 5.74) is 0. The molecule has 0 aliphatic carbocycles. The third kappa shape index (κ3) is 20.2. The van der Waals surface area contributed by atoms with Gasteiger partial charge in [-0.05, 0) is 25.2 Å². The monoisotopic (exact) mass is 396 g/mol. The van der Waals surface area contributed by atoms with Gasteiger partial charge in [-0.2, -0.15) is 0 Å². The minimum Gasteiger partial charge on any atom is -0.465 e. The molecule has 0 fully saturated rings. The summed E-state index contributed by atoms with van der Waals surface area (Å²) < 4.78 is 5.63. The van der Waals surface area contributed by atoms with Crippen LogP contribution in [0, 0.1) is 5.92 Å². The van der Waals surface area contributed by atoms with Gasteiger partial charge in [0, 0.05) is 6.42 Å². The van der Waals surface area contributed by atoms with Crippen LogP contribution in [0.3, 0.4) is 0 Å². The molecule has 0 rings (SSSR count). The Kier molecular flexibility index (Phi) is 22.3. The first-order valence-corrected chi connectivity index (χ1v) is 12.9. The van der Waals surface area contributed by atoms with E-state index < -0.39 is 0 Å². The van der Waals surface area contributed by atoms with Gasteiger partial charge in [0.15, 0.2) is 0 Å². The Labute approximate surface area is 177 Å². The summed E-state index contributed by atoms with van der Waals surface area (Å²) in [5.74, 6) is 0.616. The molecule has 0 amide bonds. The maximum absolute atomic E-state index is 12.1. The van der Waals surface area contributed by atoms with Crippen LogP contribution in [0.25, 0.3) is 0 Å². The van der Waals surface area contributed by atoms with E-state index in [1.54, 1.807) is 0 Å². The molecule has 1 unspecified atom stereocenters. The molecule has 0 saturated heterocycles. The highest BCUT2D eigenvalue weighted by Crippen LogP contribution is 2.19. The Morgan fingerprint density at radius 3 is 1.54 bits per heavy atom. The lowest BCUT2D eigenvalue weighted by molar-refractivity contribution is -0.145. The fourth-order valence-corrected chi connectivity index (χ4v) is 3.88. The molecule has 0 aliphatic rings. The highest BCUT2D eigenvalue weighted by molar-refractivity contribution is 5.69. The van der Waals surface area contributed by atoms with Crippen LogP contribution < -0.4 is 0 Å². The lowest BCUT2D eigenvalue weighted by atomic mass is 9.96. The molecule has 0 spiro atoms. The highest BCUT2D eigenvalue weighted by Gasteiger charge is 2.12. The fourth-order valence-electron chi connectivity index (χ4n) is 3.88. The molecule has 0 heterocycles. The molecule has 0 N–H and O–H groups in total.